The standard InChI is InChI=1S/C22H25N5O3/c1-13(2)10-14-11-19(25-24-14)22(29)27-26-21(28)16-12-18(20-8-5-9-30-20)23-17-7-4-3-6-15(16)17/h3-9,12-14,19,24-25H,10-11H2,1-2H3,(H,26,28)(H,27,29). The predicted molar refractivity (Wildman–Crippen MR) is 113 cm³/mol. The molecule has 2 aromatic heterocycles. The normalized spacial score (nSPS) is 18.6. The van der Waals surface area contributed by atoms with E-state index in [0.717, 1.165) is 6.42 Å². The van der Waals surface area contributed by atoms with Crippen LogP contribution in [0.25, 0.3) is 22.4 Å². The Balaban J connectivity index is 1.48. The molecule has 0 aliphatic carbocycles. The third-order valence-corrected chi connectivity index (χ3v) is 5.09. The van der Waals surface area contributed by atoms with Gasteiger partial charge in [-0.15, -0.1) is 0 Å². The Morgan fingerprint density at radius 2 is 2.00 bits per heavy atom. The van der Waals surface area contributed by atoms with Crippen molar-refractivity contribution in [3.63, 3.8) is 0 Å². The van der Waals surface area contributed by atoms with Gasteiger partial charge in [0.25, 0.3) is 11.8 Å². The molecule has 1 fully saturated rings. The fourth-order valence-corrected chi connectivity index (χ4v) is 3.70. The smallest absolute Gasteiger partial charge is 0.270 e. The lowest BCUT2D eigenvalue weighted by atomic mass is 10.00. The Kier molecular flexibility index (Phi) is 5.78. The van der Waals surface area contributed by atoms with E-state index in [1.807, 2.05) is 24.3 Å². The number of nitrogens with one attached hydrogen (secondary N) is 4. The SMILES string of the molecule is CC(C)CC1CC(C(=O)NNC(=O)c2cc(-c3ccco3)nc3ccccc23)NN1. The second-order valence-electron chi connectivity index (χ2n) is 7.90. The molecule has 1 aromatic carbocycles. The molecule has 0 saturated carbocycles. The van der Waals surface area contributed by atoms with Gasteiger partial charge in [-0.25, -0.2) is 10.4 Å². The molecular weight excluding hydrogens is 382 g/mol. The number of pyridine rings is 1. The maximum atomic E-state index is 12.9. The third kappa shape index (κ3) is 4.34. The monoisotopic (exact) mass is 407 g/mol. The van der Waals surface area contributed by atoms with Crippen molar-refractivity contribution in [1.82, 2.24) is 26.7 Å². The maximum Gasteiger partial charge on any atom is 0.270 e. The molecule has 8 heteroatoms. The Labute approximate surface area is 174 Å². The molecule has 0 radical (unpaired) electrons. The highest BCUT2D eigenvalue weighted by atomic mass is 16.3. The van der Waals surface area contributed by atoms with E-state index in [1.54, 1.807) is 24.5 Å². The fraction of sp³-hybridized carbons (Fsp3) is 0.318. The first-order valence-corrected chi connectivity index (χ1v) is 10.1. The number of hydrogen-bond acceptors (Lipinski definition) is 6. The summed E-state index contributed by atoms with van der Waals surface area (Å²) in [6.07, 6.45) is 3.20. The summed E-state index contributed by atoms with van der Waals surface area (Å²) in [6, 6.07) is 12.4. The third-order valence-electron chi connectivity index (χ3n) is 5.09. The van der Waals surface area contributed by atoms with Gasteiger partial charge in [-0.2, -0.15) is 0 Å². The zero-order valence-corrected chi connectivity index (χ0v) is 16.9. The van der Waals surface area contributed by atoms with Crippen LogP contribution in [0.1, 0.15) is 37.0 Å². The highest BCUT2D eigenvalue weighted by Crippen LogP contribution is 2.25. The summed E-state index contributed by atoms with van der Waals surface area (Å²) in [5.74, 6) is 0.400. The molecule has 4 N–H and O–H groups in total. The molecule has 4 rings (SSSR count). The Morgan fingerprint density at radius 1 is 1.17 bits per heavy atom. The molecule has 8 nitrogen and oxygen atoms in total. The Bertz CT molecular complexity index is 1050. The molecule has 1 aliphatic rings. The molecule has 156 valence electrons. The minimum Gasteiger partial charge on any atom is -0.463 e. The number of carbonyl (C=O) groups excluding carboxylic acids is 2. The van der Waals surface area contributed by atoms with Crippen LogP contribution in [0.15, 0.2) is 53.1 Å². The number of hydrogen-bond donors (Lipinski definition) is 4. The molecule has 2 amide bonds. The lowest BCUT2D eigenvalue weighted by Crippen LogP contribution is -2.50. The van der Waals surface area contributed by atoms with E-state index in [2.05, 4.69) is 40.5 Å². The van der Waals surface area contributed by atoms with Crippen molar-refractivity contribution in [3.05, 3.63) is 54.3 Å². The molecule has 2 unspecified atom stereocenters. The number of fused-ring (bicyclic) bond motifs is 1. The second kappa shape index (κ2) is 8.64. The van der Waals surface area contributed by atoms with Gasteiger partial charge in [-0.1, -0.05) is 32.0 Å². The number of nitrogens with zero attached hydrogens (tertiary/aromatic N) is 1. The van der Waals surface area contributed by atoms with Gasteiger partial charge in [0, 0.05) is 11.4 Å². The van der Waals surface area contributed by atoms with Gasteiger partial charge in [0.05, 0.1) is 17.3 Å². The van der Waals surface area contributed by atoms with E-state index in [0.29, 0.717) is 40.3 Å². The summed E-state index contributed by atoms with van der Waals surface area (Å²) in [5.41, 5.74) is 12.8. The van der Waals surface area contributed by atoms with Crippen molar-refractivity contribution in [1.29, 1.82) is 0 Å². The first-order valence-electron chi connectivity index (χ1n) is 10.1. The van der Waals surface area contributed by atoms with Gasteiger partial charge in [0.1, 0.15) is 11.7 Å². The fourth-order valence-electron chi connectivity index (χ4n) is 3.70. The van der Waals surface area contributed by atoms with Crippen LogP contribution in [-0.2, 0) is 4.79 Å². The number of amides is 2. The van der Waals surface area contributed by atoms with Gasteiger partial charge in [-0.05, 0) is 43.0 Å². The zero-order valence-electron chi connectivity index (χ0n) is 16.9. The predicted octanol–water partition coefficient (Wildman–Crippen LogP) is 2.54. The van der Waals surface area contributed by atoms with Crippen molar-refractivity contribution in [3.8, 4) is 11.5 Å². The molecule has 1 saturated heterocycles. The largest absolute Gasteiger partial charge is 0.463 e. The second-order valence-corrected chi connectivity index (χ2v) is 7.90. The van der Waals surface area contributed by atoms with Crippen LogP contribution in [0.5, 0.6) is 0 Å². The summed E-state index contributed by atoms with van der Waals surface area (Å²) < 4.78 is 5.43. The summed E-state index contributed by atoms with van der Waals surface area (Å²) in [4.78, 5) is 29.9. The highest BCUT2D eigenvalue weighted by Gasteiger charge is 2.29. The minimum atomic E-state index is -0.417. The average molecular weight is 407 g/mol. The number of rotatable bonds is 5. The van der Waals surface area contributed by atoms with Crippen LogP contribution in [0.4, 0.5) is 0 Å². The number of benzene rings is 1. The molecular formula is C22H25N5O3. The van der Waals surface area contributed by atoms with Crippen LogP contribution in [0.2, 0.25) is 0 Å². The van der Waals surface area contributed by atoms with E-state index < -0.39 is 11.9 Å². The zero-order chi connectivity index (χ0) is 21.1. The van der Waals surface area contributed by atoms with Crippen LogP contribution in [0.3, 0.4) is 0 Å². The maximum absolute atomic E-state index is 12.9. The minimum absolute atomic E-state index is 0.233. The van der Waals surface area contributed by atoms with Gasteiger partial charge in [-0.3, -0.25) is 25.9 Å². The van der Waals surface area contributed by atoms with Gasteiger partial charge in [0.15, 0.2) is 5.76 Å². The topological polar surface area (TPSA) is 108 Å². The molecule has 3 heterocycles. The van der Waals surface area contributed by atoms with Gasteiger partial charge in [0.2, 0.25) is 0 Å². The highest BCUT2D eigenvalue weighted by molar-refractivity contribution is 6.07. The average Bonchev–Trinajstić information content (AvgIpc) is 3.43. The molecule has 30 heavy (non-hydrogen) atoms. The van der Waals surface area contributed by atoms with Gasteiger partial charge >= 0.3 is 0 Å². The van der Waals surface area contributed by atoms with E-state index >= 15 is 0 Å². The molecule has 1 aliphatic heterocycles. The van der Waals surface area contributed by atoms with E-state index in [9.17, 15) is 9.59 Å². The van der Waals surface area contributed by atoms with Gasteiger partial charge < -0.3 is 4.42 Å². The molecule has 0 spiro atoms. The number of para-hydroxylation sites is 1. The van der Waals surface area contributed by atoms with Crippen molar-refractivity contribution >= 4 is 22.7 Å². The quantitative estimate of drug-likeness (QED) is 0.484. The van der Waals surface area contributed by atoms with Crippen molar-refractivity contribution < 1.29 is 14.0 Å². The molecule has 3 aromatic rings. The number of carbonyl (C=O) groups is 2. The van der Waals surface area contributed by atoms with E-state index in [-0.39, 0.29) is 11.9 Å². The molecule has 2 atom stereocenters. The van der Waals surface area contributed by atoms with E-state index in [1.165, 1.54) is 0 Å². The number of furan rings is 1. The summed E-state index contributed by atoms with van der Waals surface area (Å²) in [6.45, 7) is 4.29. The first-order chi connectivity index (χ1) is 14.5. The first kappa shape index (κ1) is 20.1. The lowest BCUT2D eigenvalue weighted by Gasteiger charge is -2.13. The number of aromatic nitrogens is 1. The molecule has 0 bridgehead atoms. The van der Waals surface area contributed by atoms with Crippen LogP contribution < -0.4 is 21.7 Å². The van der Waals surface area contributed by atoms with Crippen LogP contribution in [-0.4, -0.2) is 28.9 Å². The Morgan fingerprint density at radius 3 is 2.77 bits per heavy atom. The number of hydrazine groups is 2. The Hall–Kier alpha value is -3.23. The summed E-state index contributed by atoms with van der Waals surface area (Å²) in [5, 5.41) is 0.692. The van der Waals surface area contributed by atoms with Crippen LogP contribution >= 0.6 is 0 Å². The van der Waals surface area contributed by atoms with Crippen molar-refractivity contribution in [2.24, 2.45) is 5.92 Å². The van der Waals surface area contributed by atoms with E-state index in [4.69, 9.17) is 4.42 Å². The summed E-state index contributed by atoms with van der Waals surface area (Å²) >= 11 is 0. The lowest BCUT2D eigenvalue weighted by molar-refractivity contribution is -0.123. The van der Waals surface area contributed by atoms with Crippen molar-refractivity contribution in [2.45, 2.75) is 38.8 Å². The summed E-state index contributed by atoms with van der Waals surface area (Å²) in [7, 11) is 0. The van der Waals surface area contributed by atoms with Crippen molar-refractivity contribution in [2.75, 3.05) is 0 Å². The van der Waals surface area contributed by atoms with Crippen LogP contribution in [0, 0.1) is 5.92 Å².